The van der Waals surface area contributed by atoms with Gasteiger partial charge in [-0.25, -0.2) is 4.79 Å². The fourth-order valence-corrected chi connectivity index (χ4v) is 8.15. The molecule has 2 aliphatic carbocycles. The Balaban J connectivity index is 1.37. The number of rotatable bonds is 9. The number of carbonyl (C=O) groups is 4. The number of aliphatic hydroxyl groups is 7. The molecule has 0 saturated carbocycles. The Morgan fingerprint density at radius 1 is 0.803 bits per heavy atom. The topological polar surface area (TPSA) is 349 Å². The van der Waals surface area contributed by atoms with E-state index in [0.29, 0.717) is 0 Å². The number of aryl methyl sites for hydroxylation is 1. The van der Waals surface area contributed by atoms with Crippen molar-refractivity contribution >= 4 is 23.4 Å². The Morgan fingerprint density at radius 3 is 2.08 bits per heavy atom. The van der Waals surface area contributed by atoms with Gasteiger partial charge in [0.05, 0.1) is 42.6 Å². The molecule has 7 rings (SSSR count). The lowest BCUT2D eigenvalue weighted by molar-refractivity contribution is -0.353. The standard InChI is InChI=1S/C40H43NO20/c1-10-5-17-23(31(50)20(10)37(54)41-25(11(2)42)38(55)56)22-15(8-16-24(32(22)51)28(47)14-6-13(57-4)7-18(43)21(14)27(16)46)29(48)35(17)60-40-34(53)36(26(45)12(3)59-40)61-39-33(52)30(49)19(44)9-58-39/h5-8,11-12,19,25-26,29-30,33-36,39-40,42-45,48-53H,9H2,1-4H3,(H,41,54)(H,55,56)/t11-,12+,19+,25+,26-,29-,30-,33+,34+,35-,36-,39-,40-/m0/s1. The lowest BCUT2D eigenvalue weighted by atomic mass is 9.74. The number of aromatic hydroxyl groups is 3. The van der Waals surface area contributed by atoms with E-state index in [0.717, 1.165) is 25.1 Å². The van der Waals surface area contributed by atoms with E-state index in [1.165, 1.54) is 27.0 Å². The van der Waals surface area contributed by atoms with E-state index < -0.39 is 160 Å². The van der Waals surface area contributed by atoms with Crippen LogP contribution in [0.15, 0.2) is 24.3 Å². The first kappa shape index (κ1) is 43.8. The van der Waals surface area contributed by atoms with Crippen LogP contribution < -0.4 is 10.1 Å². The molecule has 328 valence electrons. The highest BCUT2D eigenvalue weighted by atomic mass is 16.7. The Kier molecular flexibility index (Phi) is 11.6. The molecule has 3 aromatic carbocycles. The van der Waals surface area contributed by atoms with Gasteiger partial charge in [-0.1, -0.05) is 6.07 Å². The number of hydrogen-bond acceptors (Lipinski definition) is 19. The number of carboxylic acid groups (broad SMARTS) is 1. The largest absolute Gasteiger partial charge is 0.507 e. The van der Waals surface area contributed by atoms with Gasteiger partial charge in [0.1, 0.15) is 71.8 Å². The third-order valence-electron chi connectivity index (χ3n) is 11.4. The zero-order chi connectivity index (χ0) is 44.7. The number of nitrogens with one attached hydrogen (secondary N) is 1. The lowest BCUT2D eigenvalue weighted by Gasteiger charge is -2.45. The van der Waals surface area contributed by atoms with Crippen LogP contribution in [0, 0.1) is 6.92 Å². The maximum Gasteiger partial charge on any atom is 0.328 e. The van der Waals surface area contributed by atoms with Gasteiger partial charge in [-0.15, -0.1) is 0 Å². The van der Waals surface area contributed by atoms with E-state index in [-0.39, 0.29) is 28.0 Å². The third kappa shape index (κ3) is 7.16. The molecule has 0 bridgehead atoms. The number of hydrogen-bond donors (Lipinski definition) is 12. The van der Waals surface area contributed by atoms with E-state index in [4.69, 9.17) is 23.7 Å². The van der Waals surface area contributed by atoms with E-state index in [1.54, 1.807) is 0 Å². The molecule has 0 unspecified atom stereocenters. The summed E-state index contributed by atoms with van der Waals surface area (Å²) >= 11 is 0. The third-order valence-corrected chi connectivity index (χ3v) is 11.4. The molecule has 0 radical (unpaired) electrons. The number of carboxylic acids is 1. The van der Waals surface area contributed by atoms with Crippen molar-refractivity contribution in [3.63, 3.8) is 0 Å². The molecule has 2 aliphatic heterocycles. The Labute approximate surface area is 344 Å². The molecule has 2 fully saturated rings. The quantitative estimate of drug-likeness (QED) is 0.0913. The summed E-state index contributed by atoms with van der Waals surface area (Å²) in [5.74, 6) is -7.36. The second-order valence-electron chi connectivity index (χ2n) is 15.3. The summed E-state index contributed by atoms with van der Waals surface area (Å²) in [7, 11) is 1.24. The maximum absolute atomic E-state index is 14.1. The summed E-state index contributed by atoms with van der Waals surface area (Å²) in [5, 5.41) is 122. The van der Waals surface area contributed by atoms with Crippen molar-refractivity contribution in [2.75, 3.05) is 13.7 Å². The van der Waals surface area contributed by atoms with Crippen molar-refractivity contribution in [1.82, 2.24) is 5.32 Å². The van der Waals surface area contributed by atoms with Crippen molar-refractivity contribution < 1.29 is 99.0 Å². The number of benzene rings is 3. The first-order chi connectivity index (χ1) is 28.7. The molecule has 12 N–H and O–H groups in total. The number of phenolic OH excluding ortho intramolecular Hbond substituents is 3. The highest BCUT2D eigenvalue weighted by molar-refractivity contribution is 6.31. The average Bonchev–Trinajstić information content (AvgIpc) is 3.20. The molecular formula is C40H43NO20. The summed E-state index contributed by atoms with van der Waals surface area (Å²) in [4.78, 5) is 53.7. The summed E-state index contributed by atoms with van der Waals surface area (Å²) in [6.45, 7) is 3.28. The van der Waals surface area contributed by atoms with Gasteiger partial charge in [0.25, 0.3) is 5.91 Å². The molecule has 2 saturated heterocycles. The number of carbonyl (C=O) groups excluding carboxylic acids is 3. The van der Waals surface area contributed by atoms with E-state index in [9.17, 15) is 75.3 Å². The molecule has 1 amide bonds. The maximum atomic E-state index is 14.1. The van der Waals surface area contributed by atoms with Crippen LogP contribution in [0.3, 0.4) is 0 Å². The van der Waals surface area contributed by atoms with Gasteiger partial charge < -0.3 is 85.2 Å². The van der Waals surface area contributed by atoms with Crippen LogP contribution in [0.1, 0.15) is 84.9 Å². The van der Waals surface area contributed by atoms with Crippen LogP contribution in [0.5, 0.6) is 23.0 Å². The van der Waals surface area contributed by atoms with Gasteiger partial charge in [0.15, 0.2) is 30.2 Å². The molecule has 21 heteroatoms. The van der Waals surface area contributed by atoms with Crippen LogP contribution in [0.4, 0.5) is 0 Å². The van der Waals surface area contributed by atoms with Crippen LogP contribution in [0.2, 0.25) is 0 Å². The van der Waals surface area contributed by atoms with Gasteiger partial charge in [-0.05, 0) is 49.6 Å². The number of ketones is 2. The monoisotopic (exact) mass is 857 g/mol. The SMILES string of the molecule is COc1cc(O)c2c(c1)C(=O)c1c(cc3c(c1O)-c1c(cc(C)c(C(=O)N[C@@H](C(=O)O)[C@H](C)O)c1O)[C@H](O[C@@H]1O[C@H](C)[C@H](O)[C@H](O[C@@H]4OC[C@@H](O)[C@H](O)[C@H]4O)[C@H]1O)[C@H]3O)C2=O. The zero-order valence-electron chi connectivity index (χ0n) is 32.6. The Hall–Kier alpha value is -5.30. The van der Waals surface area contributed by atoms with Gasteiger partial charge in [0, 0.05) is 28.3 Å². The first-order valence-corrected chi connectivity index (χ1v) is 18.8. The lowest BCUT2D eigenvalue weighted by Crippen LogP contribution is -2.62. The van der Waals surface area contributed by atoms with Crippen molar-refractivity contribution in [1.29, 1.82) is 0 Å². The van der Waals surface area contributed by atoms with E-state index in [1.807, 2.05) is 0 Å². The molecule has 61 heavy (non-hydrogen) atoms. The molecule has 2 heterocycles. The zero-order valence-corrected chi connectivity index (χ0v) is 32.6. The molecule has 3 aromatic rings. The van der Waals surface area contributed by atoms with E-state index >= 15 is 0 Å². The highest BCUT2D eigenvalue weighted by Gasteiger charge is 2.51. The van der Waals surface area contributed by atoms with Crippen LogP contribution in [-0.2, 0) is 23.7 Å². The normalized spacial score (nSPS) is 30.3. The van der Waals surface area contributed by atoms with Crippen LogP contribution in [0.25, 0.3) is 11.1 Å². The molecule has 0 aromatic heterocycles. The number of methoxy groups -OCH3 is 1. The summed E-state index contributed by atoms with van der Waals surface area (Å²) in [6.07, 6.45) is -20.4. The minimum atomic E-state index is -1.98. The molecular weight excluding hydrogens is 814 g/mol. The number of amides is 1. The van der Waals surface area contributed by atoms with Crippen molar-refractivity contribution in [2.45, 2.75) is 100 Å². The number of phenols is 3. The number of ether oxygens (including phenoxy) is 5. The van der Waals surface area contributed by atoms with Crippen LogP contribution in [-0.4, -0.2) is 161 Å². The average molecular weight is 858 g/mol. The van der Waals surface area contributed by atoms with Crippen molar-refractivity contribution in [3.05, 3.63) is 68.8 Å². The summed E-state index contributed by atoms with van der Waals surface area (Å²) in [5.41, 5.74) is -4.14. The minimum Gasteiger partial charge on any atom is -0.507 e. The molecule has 13 atom stereocenters. The first-order valence-electron chi connectivity index (χ1n) is 18.8. The second kappa shape index (κ2) is 16.2. The summed E-state index contributed by atoms with van der Waals surface area (Å²) < 4.78 is 28.1. The number of aliphatic carboxylic acids is 1. The van der Waals surface area contributed by atoms with Gasteiger partial charge in [-0.2, -0.15) is 0 Å². The Bertz CT molecular complexity index is 2310. The number of aliphatic hydroxyl groups excluding tert-OH is 7. The van der Waals surface area contributed by atoms with E-state index in [2.05, 4.69) is 5.32 Å². The van der Waals surface area contributed by atoms with Crippen molar-refractivity contribution in [2.24, 2.45) is 0 Å². The smallest absolute Gasteiger partial charge is 0.328 e. The predicted octanol–water partition coefficient (Wildman–Crippen LogP) is -1.48. The van der Waals surface area contributed by atoms with Gasteiger partial charge >= 0.3 is 5.97 Å². The highest BCUT2D eigenvalue weighted by Crippen LogP contribution is 2.57. The second-order valence-corrected chi connectivity index (χ2v) is 15.3. The number of fused-ring (bicyclic) bond motifs is 5. The summed E-state index contributed by atoms with van der Waals surface area (Å²) in [6, 6.07) is 2.59. The van der Waals surface area contributed by atoms with Crippen LogP contribution >= 0.6 is 0 Å². The molecule has 21 nitrogen and oxygen atoms in total. The predicted molar refractivity (Wildman–Crippen MR) is 200 cm³/mol. The van der Waals surface area contributed by atoms with Gasteiger partial charge in [-0.3, -0.25) is 14.4 Å². The molecule has 4 aliphatic rings. The Morgan fingerprint density at radius 2 is 1.44 bits per heavy atom. The fourth-order valence-electron chi connectivity index (χ4n) is 8.15. The fraction of sp³-hybridized carbons (Fsp3) is 0.450. The minimum absolute atomic E-state index is 0.0138. The van der Waals surface area contributed by atoms with Crippen molar-refractivity contribution in [3.8, 4) is 34.1 Å². The van der Waals surface area contributed by atoms with Gasteiger partial charge in [0.2, 0.25) is 0 Å². The molecule has 0 spiro atoms.